The molecule has 0 aliphatic rings. The zero-order valence-corrected chi connectivity index (χ0v) is 13.1. The molecule has 4 nitrogen and oxygen atoms in total. The molecule has 0 bridgehead atoms. The number of rotatable bonds is 6. The predicted octanol–water partition coefficient (Wildman–Crippen LogP) is 4.14. The van der Waals surface area contributed by atoms with Crippen molar-refractivity contribution in [3.63, 3.8) is 0 Å². The minimum absolute atomic E-state index is 0.0134. The first-order valence-corrected chi connectivity index (χ1v) is 7.84. The average Bonchev–Trinajstić information content (AvgIpc) is 2.98. The minimum Gasteiger partial charge on any atom is -0.494 e. The fraction of sp³-hybridized carbons (Fsp3) is 0.211. The standard InChI is InChI=1S/C19H20N2O2/c1-2-23-16-10-8-15(9-11-16)21-19(22)12-7-14-13-20-18-6-4-3-5-17(14)18/h3-6,8-11,13,20H,2,7,12H2,1H3,(H,21,22). The van der Waals surface area contributed by atoms with Crippen molar-refractivity contribution in [2.45, 2.75) is 19.8 Å². The van der Waals surface area contributed by atoms with Gasteiger partial charge in [-0.3, -0.25) is 4.79 Å². The van der Waals surface area contributed by atoms with Crippen LogP contribution in [0.2, 0.25) is 0 Å². The molecule has 0 aliphatic heterocycles. The van der Waals surface area contributed by atoms with E-state index in [-0.39, 0.29) is 5.91 Å². The first-order chi connectivity index (χ1) is 11.3. The number of aromatic amines is 1. The zero-order valence-electron chi connectivity index (χ0n) is 13.1. The zero-order chi connectivity index (χ0) is 16.1. The van der Waals surface area contributed by atoms with E-state index in [2.05, 4.69) is 16.4 Å². The largest absolute Gasteiger partial charge is 0.494 e. The van der Waals surface area contributed by atoms with Gasteiger partial charge in [0.1, 0.15) is 5.75 Å². The van der Waals surface area contributed by atoms with Gasteiger partial charge < -0.3 is 15.0 Å². The van der Waals surface area contributed by atoms with Gasteiger partial charge in [-0.25, -0.2) is 0 Å². The lowest BCUT2D eigenvalue weighted by Crippen LogP contribution is -2.12. The number of hydrogen-bond donors (Lipinski definition) is 2. The second-order valence-electron chi connectivity index (χ2n) is 5.37. The number of carbonyl (C=O) groups excluding carboxylic acids is 1. The maximum absolute atomic E-state index is 12.1. The van der Waals surface area contributed by atoms with E-state index in [0.717, 1.165) is 17.0 Å². The summed E-state index contributed by atoms with van der Waals surface area (Å²) in [4.78, 5) is 15.3. The highest BCUT2D eigenvalue weighted by molar-refractivity contribution is 5.91. The highest BCUT2D eigenvalue weighted by Gasteiger charge is 2.07. The molecule has 23 heavy (non-hydrogen) atoms. The molecule has 0 saturated carbocycles. The van der Waals surface area contributed by atoms with Crippen LogP contribution in [-0.2, 0) is 11.2 Å². The summed E-state index contributed by atoms with van der Waals surface area (Å²) in [6.07, 6.45) is 3.15. The Morgan fingerprint density at radius 1 is 1.13 bits per heavy atom. The molecule has 0 aliphatic carbocycles. The molecule has 2 N–H and O–H groups in total. The van der Waals surface area contributed by atoms with Crippen molar-refractivity contribution in [1.82, 2.24) is 4.98 Å². The number of amides is 1. The van der Waals surface area contributed by atoms with Crippen LogP contribution in [-0.4, -0.2) is 17.5 Å². The fourth-order valence-electron chi connectivity index (χ4n) is 2.61. The number of carbonyl (C=O) groups is 1. The lowest BCUT2D eigenvalue weighted by molar-refractivity contribution is -0.116. The van der Waals surface area contributed by atoms with Gasteiger partial charge in [-0.15, -0.1) is 0 Å². The maximum Gasteiger partial charge on any atom is 0.224 e. The van der Waals surface area contributed by atoms with Gasteiger partial charge in [-0.2, -0.15) is 0 Å². The van der Waals surface area contributed by atoms with Gasteiger partial charge in [-0.1, -0.05) is 18.2 Å². The number of aromatic nitrogens is 1. The Balaban J connectivity index is 1.57. The number of nitrogens with one attached hydrogen (secondary N) is 2. The molecule has 3 aromatic rings. The van der Waals surface area contributed by atoms with Crippen LogP contribution in [0.3, 0.4) is 0 Å². The van der Waals surface area contributed by atoms with Crippen LogP contribution < -0.4 is 10.1 Å². The number of aryl methyl sites for hydroxylation is 1. The number of anilines is 1. The molecule has 0 radical (unpaired) electrons. The Morgan fingerprint density at radius 3 is 2.70 bits per heavy atom. The van der Waals surface area contributed by atoms with Crippen LogP contribution in [0.25, 0.3) is 10.9 Å². The topological polar surface area (TPSA) is 54.1 Å². The second kappa shape index (κ2) is 7.01. The van der Waals surface area contributed by atoms with Crippen LogP contribution >= 0.6 is 0 Å². The predicted molar refractivity (Wildman–Crippen MR) is 92.9 cm³/mol. The quantitative estimate of drug-likeness (QED) is 0.719. The van der Waals surface area contributed by atoms with Crippen molar-refractivity contribution >= 4 is 22.5 Å². The molecule has 0 fully saturated rings. The van der Waals surface area contributed by atoms with Crippen LogP contribution in [0.1, 0.15) is 18.9 Å². The molecule has 1 amide bonds. The SMILES string of the molecule is CCOc1ccc(NC(=O)CCc2c[nH]c3ccccc23)cc1. The molecular formula is C19H20N2O2. The minimum atomic E-state index is 0.0134. The van der Waals surface area contributed by atoms with Crippen LogP contribution in [0.15, 0.2) is 54.7 Å². The molecule has 0 saturated heterocycles. The Hall–Kier alpha value is -2.75. The monoisotopic (exact) mass is 308 g/mol. The first kappa shape index (κ1) is 15.2. The summed E-state index contributed by atoms with van der Waals surface area (Å²) in [6, 6.07) is 15.6. The van der Waals surface area contributed by atoms with Crippen LogP contribution in [0.4, 0.5) is 5.69 Å². The van der Waals surface area contributed by atoms with Gasteiger partial charge in [0.2, 0.25) is 5.91 Å². The average molecular weight is 308 g/mol. The van der Waals surface area contributed by atoms with Crippen molar-refractivity contribution < 1.29 is 9.53 Å². The van der Waals surface area contributed by atoms with Crippen LogP contribution in [0.5, 0.6) is 5.75 Å². The number of hydrogen-bond acceptors (Lipinski definition) is 2. The molecule has 2 aromatic carbocycles. The summed E-state index contributed by atoms with van der Waals surface area (Å²) in [6.45, 7) is 2.58. The lowest BCUT2D eigenvalue weighted by Gasteiger charge is -2.07. The Bertz CT molecular complexity index is 790. The number of H-pyrrole nitrogens is 1. The molecule has 4 heteroatoms. The third-order valence-corrected chi connectivity index (χ3v) is 3.75. The first-order valence-electron chi connectivity index (χ1n) is 7.84. The van der Waals surface area contributed by atoms with E-state index in [9.17, 15) is 4.79 Å². The fourth-order valence-corrected chi connectivity index (χ4v) is 2.61. The highest BCUT2D eigenvalue weighted by Crippen LogP contribution is 2.20. The van der Waals surface area contributed by atoms with E-state index in [1.54, 1.807) is 0 Å². The maximum atomic E-state index is 12.1. The normalized spacial score (nSPS) is 10.7. The Morgan fingerprint density at radius 2 is 1.91 bits per heavy atom. The van der Waals surface area contributed by atoms with Crippen molar-refractivity contribution in [3.8, 4) is 5.75 Å². The molecule has 0 spiro atoms. The van der Waals surface area contributed by atoms with Gasteiger partial charge >= 0.3 is 0 Å². The molecule has 3 rings (SSSR count). The van der Waals surface area contributed by atoms with Crippen molar-refractivity contribution in [2.75, 3.05) is 11.9 Å². The number of fused-ring (bicyclic) bond motifs is 1. The van der Waals surface area contributed by atoms with Gasteiger partial charge in [0.25, 0.3) is 0 Å². The van der Waals surface area contributed by atoms with Crippen molar-refractivity contribution in [3.05, 3.63) is 60.3 Å². The molecular weight excluding hydrogens is 288 g/mol. The summed E-state index contributed by atoms with van der Waals surface area (Å²) < 4.78 is 5.39. The molecule has 118 valence electrons. The third kappa shape index (κ3) is 3.72. The summed E-state index contributed by atoms with van der Waals surface area (Å²) in [5.74, 6) is 0.823. The Labute approximate surface area is 135 Å². The van der Waals surface area contributed by atoms with Crippen molar-refractivity contribution in [2.24, 2.45) is 0 Å². The Kier molecular flexibility index (Phi) is 4.62. The third-order valence-electron chi connectivity index (χ3n) is 3.75. The van der Waals surface area contributed by atoms with E-state index in [0.29, 0.717) is 19.4 Å². The summed E-state index contributed by atoms with van der Waals surface area (Å²) in [7, 11) is 0. The molecule has 1 heterocycles. The lowest BCUT2D eigenvalue weighted by atomic mass is 10.1. The van der Waals surface area contributed by atoms with E-state index in [4.69, 9.17) is 4.74 Å². The summed E-state index contributed by atoms with van der Waals surface area (Å²) in [5, 5.41) is 4.10. The number of benzene rings is 2. The van der Waals surface area contributed by atoms with E-state index < -0.39 is 0 Å². The highest BCUT2D eigenvalue weighted by atomic mass is 16.5. The molecule has 0 atom stereocenters. The van der Waals surface area contributed by atoms with Crippen molar-refractivity contribution in [1.29, 1.82) is 0 Å². The number of ether oxygens (including phenoxy) is 1. The molecule has 0 unspecified atom stereocenters. The van der Waals surface area contributed by atoms with Gasteiger partial charge in [0.15, 0.2) is 0 Å². The summed E-state index contributed by atoms with van der Waals surface area (Å²) >= 11 is 0. The van der Waals surface area contributed by atoms with E-state index in [1.165, 1.54) is 10.9 Å². The van der Waals surface area contributed by atoms with Gasteiger partial charge in [-0.05, 0) is 49.2 Å². The molecule has 1 aromatic heterocycles. The number of para-hydroxylation sites is 1. The smallest absolute Gasteiger partial charge is 0.224 e. The van der Waals surface area contributed by atoms with Gasteiger partial charge in [0, 0.05) is 29.2 Å². The van der Waals surface area contributed by atoms with E-state index in [1.807, 2.05) is 55.6 Å². The van der Waals surface area contributed by atoms with Gasteiger partial charge in [0.05, 0.1) is 6.61 Å². The summed E-state index contributed by atoms with van der Waals surface area (Å²) in [5.41, 5.74) is 3.06. The van der Waals surface area contributed by atoms with Crippen LogP contribution in [0, 0.1) is 0 Å². The van der Waals surface area contributed by atoms with E-state index >= 15 is 0 Å². The second-order valence-corrected chi connectivity index (χ2v) is 5.37.